The van der Waals surface area contributed by atoms with Crippen molar-refractivity contribution in [1.82, 2.24) is 0 Å². The van der Waals surface area contributed by atoms with Crippen LogP contribution in [0.25, 0.3) is 0 Å². The quantitative estimate of drug-likeness (QED) is 0.397. The third-order valence-electron chi connectivity index (χ3n) is 1.86. The minimum Gasteiger partial charge on any atom is -0.456 e. The van der Waals surface area contributed by atoms with Gasteiger partial charge in [-0.1, -0.05) is 15.9 Å². The molecule has 0 bridgehead atoms. The second kappa shape index (κ2) is 8.06. The van der Waals surface area contributed by atoms with Gasteiger partial charge in [0.05, 0.1) is 18.5 Å². The van der Waals surface area contributed by atoms with Gasteiger partial charge < -0.3 is 23.0 Å². The van der Waals surface area contributed by atoms with Crippen LogP contribution in [0, 0.1) is 0 Å². The Kier molecular flexibility index (Phi) is 6.69. The highest BCUT2D eigenvalue weighted by Gasteiger charge is 2.13. The van der Waals surface area contributed by atoms with Gasteiger partial charge >= 0.3 is 11.8 Å². The number of carbonyl (C=O) groups excluding carboxylic acids is 1. The summed E-state index contributed by atoms with van der Waals surface area (Å²) in [5.41, 5.74) is 0. The van der Waals surface area contributed by atoms with Gasteiger partial charge in [0.2, 0.25) is 0 Å². The molecule has 0 aliphatic rings. The highest BCUT2D eigenvalue weighted by atomic mass is 79.9. The van der Waals surface area contributed by atoms with Crippen LogP contribution in [0.4, 0.5) is 0 Å². The van der Waals surface area contributed by atoms with Gasteiger partial charge in [-0.05, 0) is 0 Å². The molecule has 0 fully saturated rings. The zero-order chi connectivity index (χ0) is 13.4. The summed E-state index contributed by atoms with van der Waals surface area (Å²) in [6, 6.07) is 0. The molecule has 1 aromatic rings. The molecule has 0 radical (unpaired) electrons. The summed E-state index contributed by atoms with van der Waals surface area (Å²) in [5.74, 6) is -0.905. The minimum atomic E-state index is -0.827. The molecule has 1 rings (SSSR count). The molecule has 8 heteroatoms. The lowest BCUT2D eigenvalue weighted by Gasteiger charge is -2.04. The van der Waals surface area contributed by atoms with Crippen LogP contribution >= 0.6 is 15.9 Å². The summed E-state index contributed by atoms with van der Waals surface area (Å²) >= 11 is 3.12. The molecule has 0 saturated carbocycles. The Hall–Kier alpha value is -1.12. The van der Waals surface area contributed by atoms with Crippen molar-refractivity contribution in [3.05, 3.63) is 22.1 Å². The molecule has 0 aromatic carbocycles. The Labute approximate surface area is 111 Å². The second-order valence-corrected chi connectivity index (χ2v) is 3.70. The Morgan fingerprint density at radius 1 is 1.28 bits per heavy atom. The molecule has 0 saturated heterocycles. The van der Waals surface area contributed by atoms with E-state index in [1.807, 2.05) is 0 Å². The number of carbonyl (C=O) groups is 1. The van der Waals surface area contributed by atoms with Gasteiger partial charge in [-0.2, -0.15) is 0 Å². The molecule has 1 aromatic heterocycles. The largest absolute Gasteiger partial charge is 0.519 e. The molecule has 0 aliphatic carbocycles. The van der Waals surface area contributed by atoms with Crippen molar-refractivity contribution in [1.29, 1.82) is 0 Å². The molecule has 102 valence electrons. The number of alkyl halides is 1. The van der Waals surface area contributed by atoms with E-state index in [0.29, 0.717) is 24.3 Å². The van der Waals surface area contributed by atoms with Crippen LogP contribution in [-0.4, -0.2) is 32.9 Å². The highest BCUT2D eigenvalue weighted by molar-refractivity contribution is 9.08. The van der Waals surface area contributed by atoms with Gasteiger partial charge in [0.25, 0.3) is 0 Å². The van der Waals surface area contributed by atoms with Gasteiger partial charge in [-0.15, -0.1) is 0 Å². The molecule has 18 heavy (non-hydrogen) atoms. The number of ether oxygens (including phenoxy) is 3. The van der Waals surface area contributed by atoms with Crippen molar-refractivity contribution in [3.8, 4) is 0 Å². The van der Waals surface area contributed by atoms with Crippen LogP contribution in [0.1, 0.15) is 11.5 Å². The van der Waals surface area contributed by atoms with E-state index in [0.717, 1.165) is 0 Å². The normalized spacial score (nSPS) is 10.6. The SMILES string of the molecule is COCCOCC(=O)OCc1oc(=O)oc1CBr. The van der Waals surface area contributed by atoms with E-state index in [2.05, 4.69) is 15.9 Å². The fourth-order valence-electron chi connectivity index (χ4n) is 1.03. The van der Waals surface area contributed by atoms with Crippen molar-refractivity contribution >= 4 is 21.9 Å². The summed E-state index contributed by atoms with van der Waals surface area (Å²) in [4.78, 5) is 22.1. The number of rotatable bonds is 8. The first kappa shape index (κ1) is 14.9. The zero-order valence-corrected chi connectivity index (χ0v) is 11.4. The number of esters is 1. The Morgan fingerprint density at radius 3 is 2.67 bits per heavy atom. The third-order valence-corrected chi connectivity index (χ3v) is 2.37. The molecule has 0 N–H and O–H groups in total. The average molecular weight is 325 g/mol. The number of methoxy groups -OCH3 is 1. The minimum absolute atomic E-state index is 0.168. The summed E-state index contributed by atoms with van der Waals surface area (Å²) in [5, 5.41) is 0.302. The number of hydrogen-bond donors (Lipinski definition) is 0. The van der Waals surface area contributed by atoms with Gasteiger partial charge in [0, 0.05) is 7.11 Å². The van der Waals surface area contributed by atoms with E-state index in [4.69, 9.17) is 23.0 Å². The number of hydrogen-bond acceptors (Lipinski definition) is 7. The van der Waals surface area contributed by atoms with E-state index in [9.17, 15) is 9.59 Å². The molecular formula is C10H13BrO7. The predicted octanol–water partition coefficient (Wildman–Crippen LogP) is 0.834. The molecule has 0 atom stereocenters. The Bertz CT molecular complexity index is 422. The summed E-state index contributed by atoms with van der Waals surface area (Å²) in [6.45, 7) is 0.352. The van der Waals surface area contributed by atoms with E-state index in [-0.39, 0.29) is 19.0 Å². The fraction of sp³-hybridized carbons (Fsp3) is 0.600. The van der Waals surface area contributed by atoms with Crippen LogP contribution in [0.3, 0.4) is 0 Å². The van der Waals surface area contributed by atoms with Gasteiger partial charge in [-0.3, -0.25) is 0 Å². The first-order chi connectivity index (χ1) is 8.67. The molecule has 1 heterocycles. The lowest BCUT2D eigenvalue weighted by Crippen LogP contribution is -2.14. The maximum atomic E-state index is 11.2. The van der Waals surface area contributed by atoms with Gasteiger partial charge in [0.1, 0.15) is 6.61 Å². The second-order valence-electron chi connectivity index (χ2n) is 3.14. The molecule has 0 aliphatic heterocycles. The Morgan fingerprint density at radius 2 is 2.00 bits per heavy atom. The third kappa shape index (κ3) is 5.03. The maximum Gasteiger partial charge on any atom is 0.519 e. The molecule has 0 amide bonds. The highest BCUT2D eigenvalue weighted by Crippen LogP contribution is 2.12. The van der Waals surface area contributed by atoms with Crippen molar-refractivity contribution in [2.45, 2.75) is 11.9 Å². The lowest BCUT2D eigenvalue weighted by atomic mass is 10.4. The standard InChI is InChI=1S/C10H13BrO7/c1-14-2-3-15-6-9(12)16-5-8-7(4-11)17-10(13)18-8/h2-6H2,1H3. The maximum absolute atomic E-state index is 11.2. The van der Waals surface area contributed by atoms with Gasteiger partial charge in [0.15, 0.2) is 18.1 Å². The summed E-state index contributed by atoms with van der Waals surface area (Å²) in [6.07, 6.45) is 0. The fourth-order valence-corrected chi connectivity index (χ4v) is 1.46. The van der Waals surface area contributed by atoms with Crippen LogP contribution in [0.2, 0.25) is 0 Å². The Balaban J connectivity index is 2.31. The van der Waals surface area contributed by atoms with Gasteiger partial charge in [-0.25, -0.2) is 9.59 Å². The summed E-state index contributed by atoms with van der Waals surface area (Å²) < 4.78 is 24.0. The first-order valence-corrected chi connectivity index (χ1v) is 6.19. The van der Waals surface area contributed by atoms with Crippen molar-refractivity contribution in [2.75, 3.05) is 26.9 Å². The average Bonchev–Trinajstić information content (AvgIpc) is 2.72. The van der Waals surface area contributed by atoms with E-state index in [1.165, 1.54) is 7.11 Å². The predicted molar refractivity (Wildman–Crippen MR) is 62.4 cm³/mol. The smallest absolute Gasteiger partial charge is 0.456 e. The monoisotopic (exact) mass is 324 g/mol. The van der Waals surface area contributed by atoms with Crippen molar-refractivity contribution < 1.29 is 27.8 Å². The first-order valence-electron chi connectivity index (χ1n) is 5.07. The van der Waals surface area contributed by atoms with E-state index >= 15 is 0 Å². The zero-order valence-electron chi connectivity index (χ0n) is 9.77. The van der Waals surface area contributed by atoms with Crippen LogP contribution in [0.15, 0.2) is 13.6 Å². The number of halogens is 1. The van der Waals surface area contributed by atoms with Crippen LogP contribution < -0.4 is 5.82 Å². The van der Waals surface area contributed by atoms with Crippen molar-refractivity contribution in [3.63, 3.8) is 0 Å². The topological polar surface area (TPSA) is 88.1 Å². The van der Waals surface area contributed by atoms with E-state index in [1.54, 1.807) is 0 Å². The lowest BCUT2D eigenvalue weighted by molar-refractivity contribution is -0.151. The van der Waals surface area contributed by atoms with Crippen LogP contribution in [-0.2, 0) is 30.9 Å². The van der Waals surface area contributed by atoms with E-state index < -0.39 is 11.8 Å². The molecular weight excluding hydrogens is 312 g/mol. The van der Waals surface area contributed by atoms with Crippen LogP contribution in [0.5, 0.6) is 0 Å². The molecule has 0 spiro atoms. The van der Waals surface area contributed by atoms with Crippen molar-refractivity contribution in [2.24, 2.45) is 0 Å². The summed E-state index contributed by atoms with van der Waals surface area (Å²) in [7, 11) is 1.53. The molecule has 7 nitrogen and oxygen atoms in total. The molecule has 0 unspecified atom stereocenters.